The molecule has 0 radical (unpaired) electrons. The van der Waals surface area contributed by atoms with Crippen LogP contribution in [0.4, 0.5) is 11.4 Å². The molecule has 0 atom stereocenters. The molecule has 0 saturated carbocycles. The molecule has 0 aliphatic carbocycles. The fourth-order valence-corrected chi connectivity index (χ4v) is 4.10. The zero-order valence-electron chi connectivity index (χ0n) is 21.1. The van der Waals surface area contributed by atoms with E-state index in [1.807, 2.05) is 62.4 Å². The molecular formula is C30H36N2O2. The van der Waals surface area contributed by atoms with Gasteiger partial charge in [0.15, 0.2) is 0 Å². The van der Waals surface area contributed by atoms with Gasteiger partial charge in [-0.2, -0.15) is 0 Å². The SMILES string of the molecule is Cc1cc(CC(C)C)cc(C=Nc2ccccc2N=Cc2cc(CC(C)C)cc(C)c2O)c1O. The third-order valence-electron chi connectivity index (χ3n) is 5.63. The molecule has 2 N–H and O–H groups in total. The van der Waals surface area contributed by atoms with Crippen molar-refractivity contribution in [2.45, 2.75) is 54.4 Å². The highest BCUT2D eigenvalue weighted by Crippen LogP contribution is 2.30. The lowest BCUT2D eigenvalue weighted by atomic mass is 9.98. The third-order valence-corrected chi connectivity index (χ3v) is 5.63. The standard InChI is InChI=1S/C30H36N2O2/c1-19(2)11-23-13-21(5)29(33)25(15-23)17-31-27-9-7-8-10-28(27)32-18-26-16-24(12-20(3)4)14-22(6)30(26)34/h7-10,13-20,33-34H,11-12H2,1-6H3. The van der Waals surface area contributed by atoms with Gasteiger partial charge < -0.3 is 10.2 Å². The van der Waals surface area contributed by atoms with E-state index in [2.05, 4.69) is 37.7 Å². The van der Waals surface area contributed by atoms with Gasteiger partial charge in [-0.3, -0.25) is 9.98 Å². The highest BCUT2D eigenvalue weighted by atomic mass is 16.3. The Morgan fingerprint density at radius 1 is 0.676 bits per heavy atom. The molecule has 0 aliphatic rings. The molecule has 0 fully saturated rings. The molecule has 34 heavy (non-hydrogen) atoms. The highest BCUT2D eigenvalue weighted by molar-refractivity contribution is 5.90. The van der Waals surface area contributed by atoms with Crippen LogP contribution in [0.25, 0.3) is 0 Å². The summed E-state index contributed by atoms with van der Waals surface area (Å²) in [5.74, 6) is 1.56. The van der Waals surface area contributed by atoms with Crippen LogP contribution in [-0.2, 0) is 12.8 Å². The van der Waals surface area contributed by atoms with Gasteiger partial charge in [-0.05, 0) is 85.0 Å². The molecular weight excluding hydrogens is 420 g/mol. The van der Waals surface area contributed by atoms with Crippen molar-refractivity contribution in [1.29, 1.82) is 0 Å². The Hall–Kier alpha value is -3.40. The second-order valence-electron chi connectivity index (χ2n) is 9.90. The number of hydrogen-bond acceptors (Lipinski definition) is 4. The van der Waals surface area contributed by atoms with Gasteiger partial charge in [-0.15, -0.1) is 0 Å². The third kappa shape index (κ3) is 6.57. The van der Waals surface area contributed by atoms with E-state index >= 15 is 0 Å². The topological polar surface area (TPSA) is 65.2 Å². The second-order valence-corrected chi connectivity index (χ2v) is 9.90. The van der Waals surface area contributed by atoms with Gasteiger partial charge in [-0.1, -0.05) is 52.0 Å². The van der Waals surface area contributed by atoms with Crippen molar-refractivity contribution in [2.24, 2.45) is 21.8 Å². The first kappa shape index (κ1) is 25.2. The number of phenols is 2. The van der Waals surface area contributed by atoms with E-state index in [1.54, 1.807) is 12.4 Å². The number of benzene rings is 3. The number of aryl methyl sites for hydroxylation is 2. The predicted molar refractivity (Wildman–Crippen MR) is 144 cm³/mol. The molecule has 3 aromatic carbocycles. The Balaban J connectivity index is 1.92. The maximum absolute atomic E-state index is 10.6. The van der Waals surface area contributed by atoms with Gasteiger partial charge >= 0.3 is 0 Å². The number of phenolic OH excluding ortho intramolecular Hbond substituents is 2. The van der Waals surface area contributed by atoms with Crippen molar-refractivity contribution < 1.29 is 10.2 Å². The van der Waals surface area contributed by atoms with Crippen LogP contribution in [0, 0.1) is 25.7 Å². The number of nitrogens with zero attached hydrogens (tertiary/aromatic N) is 2. The van der Waals surface area contributed by atoms with Crippen LogP contribution in [0.2, 0.25) is 0 Å². The van der Waals surface area contributed by atoms with E-state index in [-0.39, 0.29) is 11.5 Å². The Morgan fingerprint density at radius 2 is 1.06 bits per heavy atom. The van der Waals surface area contributed by atoms with Crippen molar-refractivity contribution >= 4 is 23.8 Å². The molecule has 0 aromatic heterocycles. The van der Waals surface area contributed by atoms with Crippen LogP contribution < -0.4 is 0 Å². The first-order chi connectivity index (χ1) is 16.1. The van der Waals surface area contributed by atoms with Gasteiger partial charge in [0.05, 0.1) is 11.4 Å². The van der Waals surface area contributed by atoms with Crippen LogP contribution in [0.3, 0.4) is 0 Å². The molecule has 178 valence electrons. The Labute approximate surface area is 203 Å². The van der Waals surface area contributed by atoms with Crippen LogP contribution in [0.1, 0.15) is 61.1 Å². The van der Waals surface area contributed by atoms with E-state index < -0.39 is 0 Å². The van der Waals surface area contributed by atoms with Gasteiger partial charge in [0, 0.05) is 23.6 Å². The van der Waals surface area contributed by atoms with E-state index in [1.165, 1.54) is 11.1 Å². The minimum Gasteiger partial charge on any atom is -0.507 e. The minimum absolute atomic E-state index is 0.250. The van der Waals surface area contributed by atoms with Gasteiger partial charge in [-0.25, -0.2) is 0 Å². The fraction of sp³-hybridized carbons (Fsp3) is 0.333. The lowest BCUT2D eigenvalue weighted by molar-refractivity contribution is 0.469. The summed E-state index contributed by atoms with van der Waals surface area (Å²) in [6.45, 7) is 12.6. The first-order valence-corrected chi connectivity index (χ1v) is 12.0. The van der Waals surface area contributed by atoms with Crippen molar-refractivity contribution in [1.82, 2.24) is 0 Å². The zero-order valence-corrected chi connectivity index (χ0v) is 21.1. The van der Waals surface area contributed by atoms with Crippen LogP contribution >= 0.6 is 0 Å². The Morgan fingerprint density at radius 3 is 1.41 bits per heavy atom. The molecule has 0 unspecified atom stereocenters. The maximum atomic E-state index is 10.6. The number of aliphatic imine (C=N–C) groups is 2. The summed E-state index contributed by atoms with van der Waals surface area (Å²) >= 11 is 0. The summed E-state index contributed by atoms with van der Waals surface area (Å²) in [5.41, 5.74) is 6.85. The van der Waals surface area contributed by atoms with Crippen molar-refractivity contribution in [3.8, 4) is 11.5 Å². The molecule has 4 nitrogen and oxygen atoms in total. The van der Waals surface area contributed by atoms with Crippen LogP contribution in [-0.4, -0.2) is 22.6 Å². The fourth-order valence-electron chi connectivity index (χ4n) is 4.10. The maximum Gasteiger partial charge on any atom is 0.127 e. The molecule has 0 heterocycles. The Bertz CT molecular complexity index is 1110. The number of hydrogen-bond donors (Lipinski definition) is 2. The molecule has 4 heteroatoms. The smallest absolute Gasteiger partial charge is 0.127 e. The van der Waals surface area contributed by atoms with Gasteiger partial charge in [0.25, 0.3) is 0 Å². The van der Waals surface area contributed by atoms with Crippen molar-refractivity contribution in [3.05, 3.63) is 81.9 Å². The van der Waals surface area contributed by atoms with Gasteiger partial charge in [0.1, 0.15) is 11.5 Å². The molecule has 3 aromatic rings. The average Bonchev–Trinajstić information content (AvgIpc) is 2.76. The average molecular weight is 457 g/mol. The molecule has 0 amide bonds. The highest BCUT2D eigenvalue weighted by Gasteiger charge is 2.09. The van der Waals surface area contributed by atoms with E-state index in [4.69, 9.17) is 0 Å². The van der Waals surface area contributed by atoms with E-state index in [9.17, 15) is 10.2 Å². The van der Waals surface area contributed by atoms with Crippen molar-refractivity contribution in [3.63, 3.8) is 0 Å². The molecule has 0 saturated heterocycles. The summed E-state index contributed by atoms with van der Waals surface area (Å²) in [5, 5.41) is 21.1. The Kier molecular flexibility index (Phi) is 8.27. The van der Waals surface area contributed by atoms with Crippen LogP contribution in [0.15, 0.2) is 58.5 Å². The summed E-state index contributed by atoms with van der Waals surface area (Å²) in [6.07, 6.45) is 5.29. The molecule has 0 spiro atoms. The second kappa shape index (κ2) is 11.1. The predicted octanol–water partition coefficient (Wildman–Crippen LogP) is 7.61. The van der Waals surface area contributed by atoms with Gasteiger partial charge in [0.2, 0.25) is 0 Å². The first-order valence-electron chi connectivity index (χ1n) is 12.0. The number of aromatic hydroxyl groups is 2. The minimum atomic E-state index is 0.250. The van der Waals surface area contributed by atoms with Crippen molar-refractivity contribution in [2.75, 3.05) is 0 Å². The summed E-state index contributed by atoms with van der Waals surface area (Å²) in [6, 6.07) is 15.7. The summed E-state index contributed by atoms with van der Waals surface area (Å²) in [4.78, 5) is 9.29. The lowest BCUT2D eigenvalue weighted by Gasteiger charge is -2.10. The molecule has 0 bridgehead atoms. The quantitative estimate of drug-likeness (QED) is 0.343. The van der Waals surface area contributed by atoms with E-state index in [0.717, 1.165) is 24.0 Å². The normalized spacial score (nSPS) is 12.0. The number of para-hydroxylation sites is 2. The monoisotopic (exact) mass is 456 g/mol. The summed E-state index contributed by atoms with van der Waals surface area (Å²) in [7, 11) is 0. The summed E-state index contributed by atoms with van der Waals surface area (Å²) < 4.78 is 0. The number of rotatable bonds is 8. The van der Waals surface area contributed by atoms with E-state index in [0.29, 0.717) is 34.3 Å². The largest absolute Gasteiger partial charge is 0.507 e. The van der Waals surface area contributed by atoms with Crippen LogP contribution in [0.5, 0.6) is 11.5 Å². The zero-order chi connectivity index (χ0) is 24.8. The molecule has 0 aliphatic heterocycles. The lowest BCUT2D eigenvalue weighted by Crippen LogP contribution is -1.97. The molecule has 3 rings (SSSR count).